The maximum absolute atomic E-state index is 13.2. The van der Waals surface area contributed by atoms with Crippen LogP contribution in [-0.4, -0.2) is 17.0 Å². The Balaban J connectivity index is 2.25. The highest BCUT2D eigenvalue weighted by atomic mass is 79.9. The van der Waals surface area contributed by atoms with Gasteiger partial charge in [0.15, 0.2) is 0 Å². The van der Waals surface area contributed by atoms with E-state index >= 15 is 0 Å². The average Bonchev–Trinajstić information content (AvgIpc) is 2.20. The third-order valence-corrected chi connectivity index (χ3v) is 3.38. The van der Waals surface area contributed by atoms with E-state index in [-0.39, 0.29) is 22.2 Å². The van der Waals surface area contributed by atoms with Crippen LogP contribution in [0.25, 0.3) is 0 Å². The van der Waals surface area contributed by atoms with Crippen molar-refractivity contribution in [2.75, 3.05) is 5.32 Å². The first-order valence-corrected chi connectivity index (χ1v) is 5.92. The predicted molar refractivity (Wildman–Crippen MR) is 65.4 cm³/mol. The van der Waals surface area contributed by atoms with E-state index in [1.807, 2.05) is 0 Å². The SMILES string of the molecule is NC1CC(Nc2cc(Br)c(F)cc2[N+](=O)[O-])C1. The van der Waals surface area contributed by atoms with Gasteiger partial charge in [-0.05, 0) is 34.8 Å². The summed E-state index contributed by atoms with van der Waals surface area (Å²) in [5, 5.41) is 13.8. The summed E-state index contributed by atoms with van der Waals surface area (Å²) in [5.74, 6) is -0.646. The first kappa shape index (κ1) is 12.3. The number of nitrogens with zero attached hydrogens (tertiary/aromatic N) is 1. The van der Waals surface area contributed by atoms with E-state index in [0.29, 0.717) is 5.69 Å². The Kier molecular flexibility index (Phi) is 3.30. The standard InChI is InChI=1S/C10H11BrFN3O2/c11-7-3-9(14-6-1-5(13)2-6)10(15(16)17)4-8(7)12/h3-6,14H,1-2,13H2. The highest BCUT2D eigenvalue weighted by Crippen LogP contribution is 2.33. The van der Waals surface area contributed by atoms with Crippen LogP contribution in [0, 0.1) is 15.9 Å². The molecule has 1 saturated carbocycles. The number of halogens is 2. The van der Waals surface area contributed by atoms with E-state index in [1.165, 1.54) is 6.07 Å². The molecule has 0 atom stereocenters. The first-order valence-electron chi connectivity index (χ1n) is 5.13. The van der Waals surface area contributed by atoms with Gasteiger partial charge in [-0.25, -0.2) is 4.39 Å². The second-order valence-corrected chi connectivity index (χ2v) is 4.97. The van der Waals surface area contributed by atoms with Crippen molar-refractivity contribution in [2.24, 2.45) is 5.73 Å². The van der Waals surface area contributed by atoms with Crippen LogP contribution in [0.4, 0.5) is 15.8 Å². The maximum Gasteiger partial charge on any atom is 0.295 e. The fourth-order valence-electron chi connectivity index (χ4n) is 1.80. The van der Waals surface area contributed by atoms with E-state index in [2.05, 4.69) is 21.2 Å². The quantitative estimate of drug-likeness (QED) is 0.663. The van der Waals surface area contributed by atoms with Gasteiger partial charge in [0, 0.05) is 12.1 Å². The molecule has 1 aromatic carbocycles. The van der Waals surface area contributed by atoms with Crippen molar-refractivity contribution in [3.63, 3.8) is 0 Å². The number of hydrogen-bond acceptors (Lipinski definition) is 4. The van der Waals surface area contributed by atoms with Gasteiger partial charge in [-0.3, -0.25) is 10.1 Å². The smallest absolute Gasteiger partial charge is 0.295 e. The predicted octanol–water partition coefficient (Wildman–Crippen LogP) is 2.40. The van der Waals surface area contributed by atoms with Gasteiger partial charge >= 0.3 is 0 Å². The zero-order valence-corrected chi connectivity index (χ0v) is 10.4. The minimum atomic E-state index is -0.646. The fraction of sp³-hybridized carbons (Fsp3) is 0.400. The topological polar surface area (TPSA) is 81.2 Å². The van der Waals surface area contributed by atoms with Crippen LogP contribution in [0.5, 0.6) is 0 Å². The van der Waals surface area contributed by atoms with Crippen molar-refractivity contribution in [1.82, 2.24) is 0 Å². The van der Waals surface area contributed by atoms with Crippen molar-refractivity contribution in [2.45, 2.75) is 24.9 Å². The molecule has 2 rings (SSSR count). The van der Waals surface area contributed by atoms with Gasteiger partial charge < -0.3 is 11.1 Å². The minimum Gasteiger partial charge on any atom is -0.377 e. The molecule has 17 heavy (non-hydrogen) atoms. The van der Waals surface area contributed by atoms with Gasteiger partial charge in [0.25, 0.3) is 5.69 Å². The van der Waals surface area contributed by atoms with Gasteiger partial charge in [0.05, 0.1) is 15.5 Å². The molecule has 1 aromatic rings. The van der Waals surface area contributed by atoms with Crippen LogP contribution in [-0.2, 0) is 0 Å². The Morgan fingerprint density at radius 2 is 2.18 bits per heavy atom. The molecular weight excluding hydrogens is 293 g/mol. The van der Waals surface area contributed by atoms with Crippen molar-refractivity contribution in [1.29, 1.82) is 0 Å². The van der Waals surface area contributed by atoms with Crippen molar-refractivity contribution in [3.05, 3.63) is 32.5 Å². The largest absolute Gasteiger partial charge is 0.377 e. The summed E-state index contributed by atoms with van der Waals surface area (Å²) in [6.45, 7) is 0. The van der Waals surface area contributed by atoms with E-state index in [4.69, 9.17) is 5.73 Å². The lowest BCUT2D eigenvalue weighted by Gasteiger charge is -2.33. The summed E-state index contributed by atoms with van der Waals surface area (Å²) in [6, 6.07) is 2.57. The minimum absolute atomic E-state index is 0.126. The molecule has 0 amide bonds. The Bertz CT molecular complexity index is 463. The number of nitrogens with one attached hydrogen (secondary N) is 1. The summed E-state index contributed by atoms with van der Waals surface area (Å²) >= 11 is 3.01. The monoisotopic (exact) mass is 303 g/mol. The Morgan fingerprint density at radius 1 is 1.53 bits per heavy atom. The van der Waals surface area contributed by atoms with Crippen LogP contribution in [0.2, 0.25) is 0 Å². The van der Waals surface area contributed by atoms with Crippen LogP contribution in [0.15, 0.2) is 16.6 Å². The van der Waals surface area contributed by atoms with Crippen LogP contribution >= 0.6 is 15.9 Å². The highest BCUT2D eigenvalue weighted by molar-refractivity contribution is 9.10. The van der Waals surface area contributed by atoms with Crippen LogP contribution in [0.1, 0.15) is 12.8 Å². The summed E-state index contributed by atoms with van der Waals surface area (Å²) < 4.78 is 13.4. The number of benzene rings is 1. The molecule has 0 aliphatic heterocycles. The molecule has 5 nitrogen and oxygen atoms in total. The van der Waals surface area contributed by atoms with E-state index in [9.17, 15) is 14.5 Å². The van der Waals surface area contributed by atoms with Crippen molar-refractivity contribution in [3.8, 4) is 0 Å². The molecular formula is C10H11BrFN3O2. The van der Waals surface area contributed by atoms with Crippen molar-refractivity contribution >= 4 is 27.3 Å². The molecule has 0 unspecified atom stereocenters. The second-order valence-electron chi connectivity index (χ2n) is 4.11. The molecule has 3 N–H and O–H groups in total. The fourth-order valence-corrected chi connectivity index (χ4v) is 2.15. The molecule has 0 aromatic heterocycles. The van der Waals surface area contributed by atoms with Gasteiger partial charge in [-0.2, -0.15) is 0 Å². The Hall–Kier alpha value is -1.21. The third-order valence-electron chi connectivity index (χ3n) is 2.77. The molecule has 0 saturated heterocycles. The van der Waals surface area contributed by atoms with Crippen LogP contribution < -0.4 is 11.1 Å². The van der Waals surface area contributed by atoms with E-state index in [1.54, 1.807) is 0 Å². The van der Waals surface area contributed by atoms with Crippen LogP contribution in [0.3, 0.4) is 0 Å². The lowest BCUT2D eigenvalue weighted by molar-refractivity contribution is -0.384. The first-order chi connectivity index (χ1) is 7.97. The highest BCUT2D eigenvalue weighted by Gasteiger charge is 2.28. The summed E-state index contributed by atoms with van der Waals surface area (Å²) in [6.07, 6.45) is 1.54. The Morgan fingerprint density at radius 3 is 2.71 bits per heavy atom. The number of anilines is 1. The normalized spacial score (nSPS) is 23.0. The van der Waals surface area contributed by atoms with Gasteiger partial charge in [0.1, 0.15) is 11.5 Å². The molecule has 1 fully saturated rings. The molecule has 0 spiro atoms. The average molecular weight is 304 g/mol. The van der Waals surface area contributed by atoms with Gasteiger partial charge in [-0.15, -0.1) is 0 Å². The molecule has 1 aliphatic rings. The third kappa shape index (κ3) is 2.55. The summed E-state index contributed by atoms with van der Waals surface area (Å²) in [5.41, 5.74) is 5.69. The number of nitrogens with two attached hydrogens (primary N) is 1. The molecule has 0 bridgehead atoms. The van der Waals surface area contributed by atoms with Gasteiger partial charge in [-0.1, -0.05) is 0 Å². The molecule has 0 radical (unpaired) electrons. The number of hydrogen-bond donors (Lipinski definition) is 2. The number of nitro groups is 1. The Labute approximate surface area is 105 Å². The van der Waals surface area contributed by atoms with Crippen molar-refractivity contribution < 1.29 is 9.31 Å². The van der Waals surface area contributed by atoms with E-state index < -0.39 is 10.7 Å². The summed E-state index contributed by atoms with van der Waals surface area (Å²) in [7, 11) is 0. The summed E-state index contributed by atoms with van der Waals surface area (Å²) in [4.78, 5) is 10.2. The molecule has 0 heterocycles. The molecule has 7 heteroatoms. The molecule has 1 aliphatic carbocycles. The zero-order chi connectivity index (χ0) is 12.6. The maximum atomic E-state index is 13.2. The lowest BCUT2D eigenvalue weighted by Crippen LogP contribution is -2.44. The molecule has 92 valence electrons. The number of nitro benzene ring substituents is 1. The van der Waals surface area contributed by atoms with E-state index in [0.717, 1.165) is 18.9 Å². The zero-order valence-electron chi connectivity index (χ0n) is 8.82. The second kappa shape index (κ2) is 4.58. The lowest BCUT2D eigenvalue weighted by atomic mass is 9.87. The number of rotatable bonds is 3. The van der Waals surface area contributed by atoms with Gasteiger partial charge in [0.2, 0.25) is 0 Å².